The Morgan fingerprint density at radius 3 is 2.88 bits per heavy atom. The third-order valence-electron chi connectivity index (χ3n) is 0.768. The molecule has 0 amide bonds. The highest BCUT2D eigenvalue weighted by molar-refractivity contribution is 7.58. The lowest BCUT2D eigenvalue weighted by Gasteiger charge is -1.91. The first-order valence-electron chi connectivity index (χ1n) is 2.21. The van der Waals surface area contributed by atoms with Crippen LogP contribution in [0.4, 0.5) is 0 Å². The molecule has 5 heteroatoms. The fourth-order valence-corrected chi connectivity index (χ4v) is 0.937. The molecule has 1 heterocycles. The van der Waals surface area contributed by atoms with E-state index >= 15 is 0 Å². The van der Waals surface area contributed by atoms with E-state index in [1.54, 1.807) is 0 Å². The molecule has 4 nitrogen and oxygen atoms in total. The van der Waals surface area contributed by atoms with Gasteiger partial charge in [-0.2, -0.15) is 0 Å². The smallest absolute Gasteiger partial charge is 0.271 e. The molecule has 46 valence electrons. The van der Waals surface area contributed by atoms with Gasteiger partial charge in [0.1, 0.15) is 6.61 Å². The lowest BCUT2D eigenvalue weighted by molar-refractivity contribution is 0.349. The SMILES string of the molecule is O=[PH](O)C1=NCCO1. The molecule has 0 aromatic carbocycles. The second-order valence-corrected chi connectivity index (χ2v) is 2.38. The molecule has 1 unspecified atom stereocenters. The Morgan fingerprint density at radius 2 is 2.62 bits per heavy atom. The summed E-state index contributed by atoms with van der Waals surface area (Å²) in [5, 5.41) is 0. The number of nitrogens with zero attached hydrogens (tertiary/aromatic N) is 1. The average Bonchev–Trinajstić information content (AvgIpc) is 2.12. The van der Waals surface area contributed by atoms with Crippen LogP contribution in [0.2, 0.25) is 0 Å². The van der Waals surface area contributed by atoms with Crippen molar-refractivity contribution in [2.45, 2.75) is 0 Å². The number of aliphatic imine (C=N–C) groups is 1. The van der Waals surface area contributed by atoms with Crippen molar-refractivity contribution in [1.82, 2.24) is 0 Å². The van der Waals surface area contributed by atoms with Crippen LogP contribution in [0.5, 0.6) is 0 Å². The van der Waals surface area contributed by atoms with Gasteiger partial charge in [-0.15, -0.1) is 0 Å². The first kappa shape index (κ1) is 5.79. The van der Waals surface area contributed by atoms with E-state index in [0.717, 1.165) is 0 Å². The number of hydrogen-bond acceptors (Lipinski definition) is 3. The first-order chi connectivity index (χ1) is 3.80. The van der Waals surface area contributed by atoms with Gasteiger partial charge < -0.3 is 9.63 Å². The Labute approximate surface area is 47.1 Å². The summed E-state index contributed by atoms with van der Waals surface area (Å²) >= 11 is 0. The predicted octanol–water partition coefficient (Wildman–Crippen LogP) is -0.160. The van der Waals surface area contributed by atoms with Crippen molar-refractivity contribution in [3.63, 3.8) is 0 Å². The minimum atomic E-state index is -2.63. The zero-order valence-corrected chi connectivity index (χ0v) is 5.13. The van der Waals surface area contributed by atoms with Crippen molar-refractivity contribution in [2.24, 2.45) is 4.99 Å². The van der Waals surface area contributed by atoms with Crippen molar-refractivity contribution in [2.75, 3.05) is 13.2 Å². The van der Waals surface area contributed by atoms with E-state index < -0.39 is 8.03 Å². The normalized spacial score (nSPS) is 21.9. The molecule has 0 bridgehead atoms. The molecule has 0 saturated heterocycles. The van der Waals surface area contributed by atoms with Gasteiger partial charge in [0.2, 0.25) is 0 Å². The Kier molecular flexibility index (Phi) is 1.65. The van der Waals surface area contributed by atoms with Crippen LogP contribution in [0.3, 0.4) is 0 Å². The fraction of sp³-hybridized carbons (Fsp3) is 0.667. The molecule has 0 aromatic rings. The van der Waals surface area contributed by atoms with Crippen molar-refractivity contribution in [3.05, 3.63) is 0 Å². The van der Waals surface area contributed by atoms with Crippen LogP contribution in [0.15, 0.2) is 4.99 Å². The maximum Gasteiger partial charge on any atom is 0.271 e. The van der Waals surface area contributed by atoms with Gasteiger partial charge in [0.25, 0.3) is 13.7 Å². The summed E-state index contributed by atoms with van der Waals surface area (Å²) in [6.45, 7) is 0.971. The Balaban J connectivity index is 2.57. The van der Waals surface area contributed by atoms with Gasteiger partial charge in [-0.05, 0) is 0 Å². The molecule has 0 saturated carbocycles. The first-order valence-corrected chi connectivity index (χ1v) is 3.57. The molecule has 0 aromatic heterocycles. The Bertz CT molecular complexity index is 143. The van der Waals surface area contributed by atoms with E-state index in [1.807, 2.05) is 0 Å². The van der Waals surface area contributed by atoms with Crippen LogP contribution in [-0.2, 0) is 9.30 Å². The summed E-state index contributed by atoms with van der Waals surface area (Å²) in [4.78, 5) is 12.0. The maximum atomic E-state index is 10.1. The van der Waals surface area contributed by atoms with Gasteiger partial charge in [-0.25, -0.2) is 4.99 Å². The van der Waals surface area contributed by atoms with Gasteiger partial charge in [0.05, 0.1) is 6.54 Å². The lowest BCUT2D eigenvalue weighted by atomic mass is 10.8. The van der Waals surface area contributed by atoms with E-state index in [-0.39, 0.29) is 5.64 Å². The van der Waals surface area contributed by atoms with E-state index in [4.69, 9.17) is 4.89 Å². The zero-order chi connectivity index (χ0) is 5.98. The van der Waals surface area contributed by atoms with Gasteiger partial charge in [0, 0.05) is 0 Å². The standard InChI is InChI=1S/C3H6NO3P/c5-8(6)3-4-1-2-7-3/h8H,1-2H2,(H,5,6). The summed E-state index contributed by atoms with van der Waals surface area (Å²) in [5.74, 6) is 0. The molecule has 1 aliphatic heterocycles. The Morgan fingerprint density at radius 1 is 1.88 bits per heavy atom. The molecule has 1 N–H and O–H groups in total. The molecule has 0 radical (unpaired) electrons. The summed E-state index contributed by atoms with van der Waals surface area (Å²) in [7, 11) is -2.63. The van der Waals surface area contributed by atoms with E-state index in [2.05, 4.69) is 9.73 Å². The van der Waals surface area contributed by atoms with Crippen LogP contribution in [0.1, 0.15) is 0 Å². The Hall–Kier alpha value is -0.340. The second-order valence-electron chi connectivity index (χ2n) is 1.34. The highest BCUT2D eigenvalue weighted by Gasteiger charge is 2.10. The van der Waals surface area contributed by atoms with Gasteiger partial charge >= 0.3 is 0 Å². The molecule has 0 fully saturated rings. The highest BCUT2D eigenvalue weighted by atomic mass is 31.1. The summed E-state index contributed by atoms with van der Waals surface area (Å²) in [6, 6.07) is 0. The van der Waals surface area contributed by atoms with E-state index in [9.17, 15) is 4.57 Å². The van der Waals surface area contributed by atoms with E-state index in [0.29, 0.717) is 13.2 Å². The van der Waals surface area contributed by atoms with Crippen LogP contribution in [-0.4, -0.2) is 23.7 Å². The topological polar surface area (TPSA) is 58.9 Å². The predicted molar refractivity (Wildman–Crippen MR) is 29.5 cm³/mol. The lowest BCUT2D eigenvalue weighted by Crippen LogP contribution is -1.90. The minimum absolute atomic E-state index is 0.0231. The largest absolute Gasteiger partial charge is 0.472 e. The third kappa shape index (κ3) is 1.08. The van der Waals surface area contributed by atoms with Gasteiger partial charge in [-0.1, -0.05) is 0 Å². The summed E-state index contributed by atoms with van der Waals surface area (Å²) < 4.78 is 14.8. The average molecular weight is 135 g/mol. The maximum absolute atomic E-state index is 10.1. The molecular formula is C3H6NO3P. The second kappa shape index (κ2) is 2.29. The molecule has 0 spiro atoms. The zero-order valence-electron chi connectivity index (χ0n) is 4.13. The molecule has 1 atom stereocenters. The van der Waals surface area contributed by atoms with Crippen LogP contribution >= 0.6 is 8.03 Å². The third-order valence-corrected chi connectivity index (χ3v) is 1.44. The molecule has 1 rings (SSSR count). The van der Waals surface area contributed by atoms with Crippen LogP contribution < -0.4 is 0 Å². The quantitative estimate of drug-likeness (QED) is 0.508. The molecule has 8 heavy (non-hydrogen) atoms. The van der Waals surface area contributed by atoms with Crippen molar-refractivity contribution < 1.29 is 14.2 Å². The van der Waals surface area contributed by atoms with Crippen LogP contribution in [0.25, 0.3) is 0 Å². The highest BCUT2D eigenvalue weighted by Crippen LogP contribution is 2.19. The monoisotopic (exact) mass is 135 g/mol. The van der Waals surface area contributed by atoms with Gasteiger partial charge in [0.15, 0.2) is 0 Å². The number of ether oxygens (including phenoxy) is 1. The minimum Gasteiger partial charge on any atom is -0.472 e. The van der Waals surface area contributed by atoms with Crippen molar-refractivity contribution >= 4 is 13.7 Å². The number of rotatable bonds is 1. The molecule has 0 aliphatic carbocycles. The molecular weight excluding hydrogens is 129 g/mol. The van der Waals surface area contributed by atoms with Gasteiger partial charge in [-0.3, -0.25) is 4.57 Å². The van der Waals surface area contributed by atoms with Crippen molar-refractivity contribution in [3.8, 4) is 0 Å². The summed E-state index contributed by atoms with van der Waals surface area (Å²) in [6.07, 6.45) is 0. The van der Waals surface area contributed by atoms with Crippen LogP contribution in [0, 0.1) is 0 Å². The summed E-state index contributed by atoms with van der Waals surface area (Å²) in [5.41, 5.74) is 0.0231. The number of hydrogen-bond donors (Lipinski definition) is 1. The molecule has 1 aliphatic rings. The van der Waals surface area contributed by atoms with E-state index in [1.165, 1.54) is 0 Å². The fourth-order valence-electron chi connectivity index (χ4n) is 0.465. The van der Waals surface area contributed by atoms with Crippen molar-refractivity contribution in [1.29, 1.82) is 0 Å².